The summed E-state index contributed by atoms with van der Waals surface area (Å²) in [6.07, 6.45) is 3.23. The van der Waals surface area contributed by atoms with E-state index in [-0.39, 0.29) is 6.04 Å². The minimum Gasteiger partial charge on any atom is -0.305 e. The molecule has 3 aromatic rings. The predicted molar refractivity (Wildman–Crippen MR) is 83.5 cm³/mol. The average Bonchev–Trinajstić information content (AvgIpc) is 3.16. The number of hydrogen-bond donors (Lipinski definition) is 1. The molecule has 3 rings (SSSR count). The molecule has 0 saturated heterocycles. The highest BCUT2D eigenvalue weighted by atomic mass is 32.1. The number of hydrogen-bond acceptors (Lipinski definition) is 5. The minimum atomic E-state index is 0.275. The molecule has 0 radical (unpaired) electrons. The summed E-state index contributed by atoms with van der Waals surface area (Å²) in [6.45, 7) is 4.97. The first-order chi connectivity index (χ1) is 10.2. The molecule has 1 N–H and O–H groups in total. The molecular formula is C15H17N5S. The monoisotopic (exact) mass is 299 g/mol. The largest absolute Gasteiger partial charge is 0.305 e. The average molecular weight is 299 g/mol. The molecule has 2 heterocycles. The smallest absolute Gasteiger partial charge is 0.138 e. The van der Waals surface area contributed by atoms with Gasteiger partial charge in [-0.2, -0.15) is 5.10 Å². The third-order valence-corrected chi connectivity index (χ3v) is 4.15. The van der Waals surface area contributed by atoms with Gasteiger partial charge in [-0.05, 0) is 31.5 Å². The summed E-state index contributed by atoms with van der Waals surface area (Å²) in [5, 5.41) is 10.8. The maximum absolute atomic E-state index is 4.46. The summed E-state index contributed by atoms with van der Waals surface area (Å²) in [4.78, 5) is 8.42. The van der Waals surface area contributed by atoms with Gasteiger partial charge in [-0.15, -0.1) is 11.3 Å². The van der Waals surface area contributed by atoms with Crippen molar-refractivity contribution in [1.82, 2.24) is 25.1 Å². The first kappa shape index (κ1) is 13.9. The molecule has 5 nitrogen and oxygen atoms in total. The van der Waals surface area contributed by atoms with E-state index in [0.717, 1.165) is 22.9 Å². The Kier molecular flexibility index (Phi) is 4.08. The molecule has 0 aliphatic heterocycles. The fourth-order valence-corrected chi connectivity index (χ4v) is 2.73. The molecule has 0 spiro atoms. The zero-order valence-corrected chi connectivity index (χ0v) is 12.8. The number of nitrogens with zero attached hydrogens (tertiary/aromatic N) is 4. The molecule has 0 bridgehead atoms. The second-order valence-electron chi connectivity index (χ2n) is 4.89. The third kappa shape index (κ3) is 3.34. The normalized spacial score (nSPS) is 12.5. The Morgan fingerprint density at radius 3 is 2.71 bits per heavy atom. The summed E-state index contributed by atoms with van der Waals surface area (Å²) >= 11 is 1.69. The summed E-state index contributed by atoms with van der Waals surface area (Å²) in [5.41, 5.74) is 3.35. The van der Waals surface area contributed by atoms with Crippen LogP contribution in [-0.2, 0) is 6.54 Å². The third-order valence-electron chi connectivity index (χ3n) is 3.33. The fourth-order valence-electron chi connectivity index (χ4n) is 2.12. The lowest BCUT2D eigenvalue weighted by atomic mass is 10.1. The van der Waals surface area contributed by atoms with E-state index in [2.05, 4.69) is 57.0 Å². The van der Waals surface area contributed by atoms with Crippen molar-refractivity contribution in [2.24, 2.45) is 0 Å². The van der Waals surface area contributed by atoms with Gasteiger partial charge in [-0.25, -0.2) is 14.6 Å². The molecule has 0 aliphatic rings. The number of aryl methyl sites for hydroxylation is 1. The van der Waals surface area contributed by atoms with Gasteiger partial charge < -0.3 is 5.32 Å². The highest BCUT2D eigenvalue weighted by molar-refractivity contribution is 7.09. The van der Waals surface area contributed by atoms with Crippen molar-refractivity contribution in [1.29, 1.82) is 0 Å². The van der Waals surface area contributed by atoms with Gasteiger partial charge in [-0.1, -0.05) is 12.1 Å². The van der Waals surface area contributed by atoms with E-state index in [1.807, 2.05) is 6.92 Å². The topological polar surface area (TPSA) is 55.6 Å². The van der Waals surface area contributed by atoms with Gasteiger partial charge in [0.15, 0.2) is 0 Å². The van der Waals surface area contributed by atoms with Crippen molar-refractivity contribution < 1.29 is 0 Å². The van der Waals surface area contributed by atoms with Gasteiger partial charge >= 0.3 is 0 Å². The van der Waals surface area contributed by atoms with Gasteiger partial charge in [0, 0.05) is 18.0 Å². The van der Waals surface area contributed by atoms with Crippen LogP contribution in [0.1, 0.15) is 29.2 Å². The predicted octanol–water partition coefficient (Wildman–Crippen LogP) is 2.88. The summed E-state index contributed by atoms with van der Waals surface area (Å²) < 4.78 is 1.75. The molecule has 108 valence electrons. The van der Waals surface area contributed by atoms with E-state index in [1.54, 1.807) is 22.3 Å². The SMILES string of the molecule is Cc1nc(CN[C@@H](C)c2ccc(-n3cncn3)cc2)cs1. The molecule has 6 heteroatoms. The maximum atomic E-state index is 4.46. The minimum absolute atomic E-state index is 0.275. The van der Waals surface area contributed by atoms with Crippen molar-refractivity contribution in [2.45, 2.75) is 26.4 Å². The highest BCUT2D eigenvalue weighted by Gasteiger charge is 2.07. The molecule has 0 unspecified atom stereocenters. The maximum Gasteiger partial charge on any atom is 0.138 e. The van der Waals surface area contributed by atoms with Crippen LogP contribution < -0.4 is 5.32 Å². The molecule has 0 aliphatic carbocycles. The van der Waals surface area contributed by atoms with Crippen LogP contribution in [0, 0.1) is 6.92 Å². The quantitative estimate of drug-likeness (QED) is 0.787. The Hall–Kier alpha value is -2.05. The zero-order chi connectivity index (χ0) is 14.7. The van der Waals surface area contributed by atoms with E-state index in [9.17, 15) is 0 Å². The molecule has 0 saturated carbocycles. The molecule has 2 aromatic heterocycles. The van der Waals surface area contributed by atoms with E-state index >= 15 is 0 Å². The van der Waals surface area contributed by atoms with E-state index in [4.69, 9.17) is 0 Å². The molecule has 21 heavy (non-hydrogen) atoms. The van der Waals surface area contributed by atoms with Crippen molar-refractivity contribution >= 4 is 11.3 Å². The summed E-state index contributed by atoms with van der Waals surface area (Å²) in [5.74, 6) is 0. The first-order valence-electron chi connectivity index (χ1n) is 6.82. The van der Waals surface area contributed by atoms with Gasteiger partial charge in [0.05, 0.1) is 16.4 Å². The summed E-state index contributed by atoms with van der Waals surface area (Å²) in [7, 11) is 0. The van der Waals surface area contributed by atoms with Gasteiger partial charge in [-0.3, -0.25) is 0 Å². The van der Waals surface area contributed by atoms with Gasteiger partial charge in [0.1, 0.15) is 12.7 Å². The van der Waals surface area contributed by atoms with E-state index < -0.39 is 0 Å². The van der Waals surface area contributed by atoms with Gasteiger partial charge in [0.25, 0.3) is 0 Å². The van der Waals surface area contributed by atoms with Crippen molar-refractivity contribution in [2.75, 3.05) is 0 Å². The second-order valence-corrected chi connectivity index (χ2v) is 5.95. The molecule has 1 aromatic carbocycles. The van der Waals surface area contributed by atoms with Crippen LogP contribution in [0.5, 0.6) is 0 Å². The number of rotatable bonds is 5. The summed E-state index contributed by atoms with van der Waals surface area (Å²) in [6, 6.07) is 8.60. The molecular weight excluding hydrogens is 282 g/mol. The lowest BCUT2D eigenvalue weighted by molar-refractivity contribution is 0.568. The number of aromatic nitrogens is 4. The molecule has 1 atom stereocenters. The Morgan fingerprint density at radius 2 is 2.10 bits per heavy atom. The van der Waals surface area contributed by atoms with Crippen LogP contribution in [0.15, 0.2) is 42.3 Å². The standard InChI is InChI=1S/C15H17N5S/c1-11(17-7-14-8-21-12(2)19-14)13-3-5-15(6-4-13)20-10-16-9-18-20/h3-6,8-11,17H,7H2,1-2H3/t11-/m0/s1. The Morgan fingerprint density at radius 1 is 1.29 bits per heavy atom. The van der Waals surface area contributed by atoms with Crippen LogP contribution in [0.2, 0.25) is 0 Å². The van der Waals surface area contributed by atoms with Crippen LogP contribution >= 0.6 is 11.3 Å². The van der Waals surface area contributed by atoms with Crippen molar-refractivity contribution in [3.63, 3.8) is 0 Å². The second kappa shape index (κ2) is 6.15. The lowest BCUT2D eigenvalue weighted by Crippen LogP contribution is -2.18. The number of benzene rings is 1. The van der Waals surface area contributed by atoms with E-state index in [0.29, 0.717) is 0 Å². The van der Waals surface area contributed by atoms with Crippen molar-refractivity contribution in [3.8, 4) is 5.69 Å². The zero-order valence-electron chi connectivity index (χ0n) is 12.0. The lowest BCUT2D eigenvalue weighted by Gasteiger charge is -2.14. The van der Waals surface area contributed by atoms with Crippen LogP contribution in [-0.4, -0.2) is 19.7 Å². The van der Waals surface area contributed by atoms with Gasteiger partial charge in [0.2, 0.25) is 0 Å². The first-order valence-corrected chi connectivity index (χ1v) is 7.69. The molecule has 0 amide bonds. The van der Waals surface area contributed by atoms with Crippen LogP contribution in [0.3, 0.4) is 0 Å². The van der Waals surface area contributed by atoms with E-state index in [1.165, 1.54) is 11.9 Å². The Bertz CT molecular complexity index is 687. The number of nitrogens with one attached hydrogen (secondary N) is 1. The highest BCUT2D eigenvalue weighted by Crippen LogP contribution is 2.16. The Balaban J connectivity index is 1.63. The fraction of sp³-hybridized carbons (Fsp3) is 0.267. The molecule has 0 fully saturated rings. The van der Waals surface area contributed by atoms with Crippen LogP contribution in [0.25, 0.3) is 5.69 Å². The number of thiazole rings is 1. The van der Waals surface area contributed by atoms with Crippen molar-refractivity contribution in [3.05, 3.63) is 58.6 Å². The van der Waals surface area contributed by atoms with Crippen LogP contribution in [0.4, 0.5) is 0 Å². The Labute approximate surface area is 127 Å².